The molecule has 1 fully saturated rings. The Labute approximate surface area is 70.6 Å². The van der Waals surface area contributed by atoms with Gasteiger partial charge in [0.05, 0.1) is 0 Å². The molecule has 0 aliphatic heterocycles. The third-order valence-electron chi connectivity index (χ3n) is 3.07. The molecular formula is C10H21N. The minimum Gasteiger partial charge on any atom is -0.319 e. The van der Waals surface area contributed by atoms with Crippen molar-refractivity contribution in [3.8, 4) is 0 Å². The van der Waals surface area contributed by atoms with Crippen molar-refractivity contribution in [3.05, 3.63) is 0 Å². The number of hydrogen-bond acceptors (Lipinski definition) is 1. The molecule has 0 radical (unpaired) electrons. The Hall–Kier alpha value is -0.0400. The largest absolute Gasteiger partial charge is 0.319 e. The van der Waals surface area contributed by atoms with Crippen molar-refractivity contribution in [1.29, 1.82) is 0 Å². The van der Waals surface area contributed by atoms with E-state index in [0.29, 0.717) is 0 Å². The lowest BCUT2D eigenvalue weighted by Gasteiger charge is -2.16. The lowest BCUT2D eigenvalue weighted by Crippen LogP contribution is -2.21. The van der Waals surface area contributed by atoms with Crippen molar-refractivity contribution >= 4 is 0 Å². The van der Waals surface area contributed by atoms with Gasteiger partial charge in [0.2, 0.25) is 0 Å². The van der Waals surface area contributed by atoms with Gasteiger partial charge in [-0.3, -0.25) is 0 Å². The summed E-state index contributed by atoms with van der Waals surface area (Å²) >= 11 is 0. The van der Waals surface area contributed by atoms with E-state index in [9.17, 15) is 0 Å². The van der Waals surface area contributed by atoms with Gasteiger partial charge in [0.15, 0.2) is 0 Å². The molecule has 0 heterocycles. The van der Waals surface area contributed by atoms with Crippen LogP contribution in [0.1, 0.15) is 33.1 Å². The summed E-state index contributed by atoms with van der Waals surface area (Å²) in [6.45, 7) is 5.94. The zero-order valence-corrected chi connectivity index (χ0v) is 8.06. The highest BCUT2D eigenvalue weighted by Crippen LogP contribution is 2.37. The average molecular weight is 155 g/mol. The molecular weight excluding hydrogens is 134 g/mol. The summed E-state index contributed by atoms with van der Waals surface area (Å²) in [6.07, 6.45) is 4.28. The quantitative estimate of drug-likeness (QED) is 0.659. The van der Waals surface area contributed by atoms with E-state index in [1.54, 1.807) is 0 Å². The SMILES string of the molecule is CCC1CC(C)CC1CNC. The van der Waals surface area contributed by atoms with Gasteiger partial charge in [-0.05, 0) is 44.2 Å². The van der Waals surface area contributed by atoms with Crippen LogP contribution in [-0.4, -0.2) is 13.6 Å². The maximum absolute atomic E-state index is 3.29. The number of hydrogen-bond donors (Lipinski definition) is 1. The zero-order valence-electron chi connectivity index (χ0n) is 8.06. The molecule has 0 saturated heterocycles. The average Bonchev–Trinajstić information content (AvgIpc) is 2.32. The molecule has 11 heavy (non-hydrogen) atoms. The number of rotatable bonds is 3. The molecule has 1 N–H and O–H groups in total. The van der Waals surface area contributed by atoms with Crippen molar-refractivity contribution in [2.75, 3.05) is 13.6 Å². The molecule has 0 spiro atoms. The van der Waals surface area contributed by atoms with Crippen LogP contribution in [0.3, 0.4) is 0 Å². The van der Waals surface area contributed by atoms with Gasteiger partial charge in [0.1, 0.15) is 0 Å². The van der Waals surface area contributed by atoms with Crippen LogP contribution >= 0.6 is 0 Å². The fraction of sp³-hybridized carbons (Fsp3) is 1.00. The second-order valence-corrected chi connectivity index (χ2v) is 4.06. The molecule has 1 rings (SSSR count). The van der Waals surface area contributed by atoms with Crippen LogP contribution in [0.5, 0.6) is 0 Å². The van der Waals surface area contributed by atoms with Crippen molar-refractivity contribution in [1.82, 2.24) is 5.32 Å². The smallest absolute Gasteiger partial charge is 0.00208 e. The van der Waals surface area contributed by atoms with E-state index in [0.717, 1.165) is 17.8 Å². The van der Waals surface area contributed by atoms with Crippen LogP contribution in [0, 0.1) is 17.8 Å². The molecule has 3 unspecified atom stereocenters. The van der Waals surface area contributed by atoms with E-state index in [1.165, 1.54) is 25.8 Å². The lowest BCUT2D eigenvalue weighted by molar-refractivity contribution is 0.367. The van der Waals surface area contributed by atoms with Crippen LogP contribution in [0.15, 0.2) is 0 Å². The van der Waals surface area contributed by atoms with Crippen LogP contribution in [-0.2, 0) is 0 Å². The summed E-state index contributed by atoms with van der Waals surface area (Å²) in [5, 5.41) is 3.29. The molecule has 0 amide bonds. The van der Waals surface area contributed by atoms with Gasteiger partial charge in [-0.15, -0.1) is 0 Å². The van der Waals surface area contributed by atoms with Crippen molar-refractivity contribution in [2.45, 2.75) is 33.1 Å². The van der Waals surface area contributed by atoms with Gasteiger partial charge in [0, 0.05) is 0 Å². The van der Waals surface area contributed by atoms with Crippen LogP contribution < -0.4 is 5.32 Å². The van der Waals surface area contributed by atoms with E-state index in [-0.39, 0.29) is 0 Å². The Balaban J connectivity index is 2.37. The van der Waals surface area contributed by atoms with Crippen molar-refractivity contribution in [2.24, 2.45) is 17.8 Å². The van der Waals surface area contributed by atoms with Gasteiger partial charge >= 0.3 is 0 Å². The first-order valence-corrected chi connectivity index (χ1v) is 4.92. The topological polar surface area (TPSA) is 12.0 Å². The summed E-state index contributed by atoms with van der Waals surface area (Å²) in [7, 11) is 2.07. The highest BCUT2D eigenvalue weighted by Gasteiger charge is 2.29. The maximum atomic E-state index is 3.29. The second kappa shape index (κ2) is 4.10. The minimum atomic E-state index is 0.958. The Morgan fingerprint density at radius 3 is 2.45 bits per heavy atom. The molecule has 1 aliphatic carbocycles. The van der Waals surface area contributed by atoms with Crippen LogP contribution in [0.25, 0.3) is 0 Å². The molecule has 1 saturated carbocycles. The maximum Gasteiger partial charge on any atom is -0.00208 e. The number of nitrogens with one attached hydrogen (secondary N) is 1. The van der Waals surface area contributed by atoms with Gasteiger partial charge in [-0.25, -0.2) is 0 Å². The standard InChI is InChI=1S/C10H21N/c1-4-9-5-8(2)6-10(9)7-11-3/h8-11H,4-7H2,1-3H3. The van der Waals surface area contributed by atoms with Gasteiger partial charge in [-0.1, -0.05) is 20.3 Å². The predicted octanol–water partition coefficient (Wildman–Crippen LogP) is 2.28. The molecule has 0 bridgehead atoms. The van der Waals surface area contributed by atoms with Crippen molar-refractivity contribution in [3.63, 3.8) is 0 Å². The van der Waals surface area contributed by atoms with Crippen LogP contribution in [0.4, 0.5) is 0 Å². The molecule has 1 aliphatic rings. The molecule has 0 aromatic rings. The van der Waals surface area contributed by atoms with Gasteiger partial charge < -0.3 is 5.32 Å². The third-order valence-corrected chi connectivity index (χ3v) is 3.07. The Morgan fingerprint density at radius 1 is 1.27 bits per heavy atom. The Kier molecular flexibility index (Phi) is 3.38. The highest BCUT2D eigenvalue weighted by molar-refractivity contribution is 4.81. The van der Waals surface area contributed by atoms with Gasteiger partial charge in [-0.2, -0.15) is 0 Å². The Morgan fingerprint density at radius 2 is 1.91 bits per heavy atom. The normalized spacial score (nSPS) is 37.9. The van der Waals surface area contributed by atoms with E-state index < -0.39 is 0 Å². The summed E-state index contributed by atoms with van der Waals surface area (Å²) in [5.41, 5.74) is 0. The Bertz CT molecular complexity index is 111. The monoisotopic (exact) mass is 155 g/mol. The molecule has 1 nitrogen and oxygen atoms in total. The van der Waals surface area contributed by atoms with E-state index in [4.69, 9.17) is 0 Å². The molecule has 66 valence electrons. The van der Waals surface area contributed by atoms with E-state index >= 15 is 0 Å². The fourth-order valence-electron chi connectivity index (χ4n) is 2.53. The first kappa shape index (κ1) is 9.05. The lowest BCUT2D eigenvalue weighted by atomic mass is 9.94. The third kappa shape index (κ3) is 2.19. The van der Waals surface area contributed by atoms with Crippen LogP contribution in [0.2, 0.25) is 0 Å². The first-order valence-electron chi connectivity index (χ1n) is 4.92. The highest BCUT2D eigenvalue weighted by atomic mass is 14.8. The first-order chi connectivity index (χ1) is 5.27. The molecule has 1 heteroatoms. The summed E-state index contributed by atoms with van der Waals surface area (Å²) in [5.74, 6) is 2.93. The van der Waals surface area contributed by atoms with E-state index in [1.807, 2.05) is 0 Å². The fourth-order valence-corrected chi connectivity index (χ4v) is 2.53. The summed E-state index contributed by atoms with van der Waals surface area (Å²) < 4.78 is 0. The second-order valence-electron chi connectivity index (χ2n) is 4.06. The van der Waals surface area contributed by atoms with Crippen molar-refractivity contribution < 1.29 is 0 Å². The van der Waals surface area contributed by atoms with Gasteiger partial charge in [0.25, 0.3) is 0 Å². The predicted molar refractivity (Wildman–Crippen MR) is 49.6 cm³/mol. The molecule has 3 atom stereocenters. The summed E-state index contributed by atoms with van der Waals surface area (Å²) in [6, 6.07) is 0. The molecule has 0 aromatic carbocycles. The minimum absolute atomic E-state index is 0.958. The summed E-state index contributed by atoms with van der Waals surface area (Å²) in [4.78, 5) is 0. The molecule has 0 aromatic heterocycles. The zero-order chi connectivity index (χ0) is 8.27. The van der Waals surface area contributed by atoms with E-state index in [2.05, 4.69) is 26.2 Å².